The van der Waals surface area contributed by atoms with Crippen molar-refractivity contribution in [1.82, 2.24) is 9.80 Å². The van der Waals surface area contributed by atoms with Crippen molar-refractivity contribution in [2.24, 2.45) is 0 Å². The molecule has 0 saturated heterocycles. The van der Waals surface area contributed by atoms with E-state index in [4.69, 9.17) is 0 Å². The molecule has 5 heterocycles. The molecule has 182 valence electrons. The Kier molecular flexibility index (Phi) is 4.55. The van der Waals surface area contributed by atoms with Gasteiger partial charge in [-0.2, -0.15) is 0 Å². The van der Waals surface area contributed by atoms with Gasteiger partial charge in [-0.25, -0.2) is 0 Å². The van der Waals surface area contributed by atoms with Gasteiger partial charge in [-0.15, -0.1) is 0 Å². The van der Waals surface area contributed by atoms with Crippen molar-refractivity contribution in [1.29, 1.82) is 0 Å². The third kappa shape index (κ3) is 2.80. The summed E-state index contributed by atoms with van der Waals surface area (Å²) in [6.07, 6.45) is 0. The van der Waals surface area contributed by atoms with Crippen LogP contribution in [0.1, 0.15) is 41.4 Å². The third-order valence-electron chi connectivity index (χ3n) is 7.78. The van der Waals surface area contributed by atoms with Gasteiger partial charge in [-0.05, 0) is 0 Å². The topological polar surface area (TPSA) is 74.8 Å². The molecular formula is C28H20GeN2O4S2. The van der Waals surface area contributed by atoms with Crippen LogP contribution in [0, 0.1) is 0 Å². The number of thiophene rings is 2. The van der Waals surface area contributed by atoms with Gasteiger partial charge in [0.05, 0.1) is 0 Å². The summed E-state index contributed by atoms with van der Waals surface area (Å²) in [5, 5.41) is 0. The molecule has 3 aliphatic rings. The van der Waals surface area contributed by atoms with Gasteiger partial charge in [0.2, 0.25) is 0 Å². The van der Waals surface area contributed by atoms with Gasteiger partial charge < -0.3 is 0 Å². The molecule has 0 atom stereocenters. The first kappa shape index (κ1) is 22.8. The summed E-state index contributed by atoms with van der Waals surface area (Å²) in [7, 11) is 3.05. The predicted octanol–water partition coefficient (Wildman–Crippen LogP) is 4.40. The molecule has 0 spiro atoms. The van der Waals surface area contributed by atoms with Crippen LogP contribution in [0.25, 0.3) is 30.6 Å². The SMILES string of the molecule is CN1C(=O)c2cccc(-c3c[c]4c(s3)-c3sc(-c5cccc6c5C(=O)N(C)C6=O)c[c]3[Ge]4([CH3])[CH3])c2C1=O. The molecule has 2 aromatic carbocycles. The van der Waals surface area contributed by atoms with Crippen molar-refractivity contribution in [2.75, 3.05) is 14.1 Å². The summed E-state index contributed by atoms with van der Waals surface area (Å²) in [4.78, 5) is 57.7. The van der Waals surface area contributed by atoms with Crippen molar-refractivity contribution in [3.63, 3.8) is 0 Å². The molecular weight excluding hydrogens is 565 g/mol. The van der Waals surface area contributed by atoms with Crippen LogP contribution in [0.2, 0.25) is 11.5 Å². The van der Waals surface area contributed by atoms with Crippen LogP contribution >= 0.6 is 22.7 Å². The van der Waals surface area contributed by atoms with Crippen molar-refractivity contribution in [2.45, 2.75) is 11.5 Å². The number of imide groups is 2. The van der Waals surface area contributed by atoms with Crippen molar-refractivity contribution < 1.29 is 19.2 Å². The Labute approximate surface area is 223 Å². The van der Waals surface area contributed by atoms with Crippen LogP contribution in [0.5, 0.6) is 0 Å². The monoisotopic (exact) mass is 586 g/mol. The molecule has 0 fully saturated rings. The van der Waals surface area contributed by atoms with E-state index in [0.717, 1.165) is 20.9 Å². The van der Waals surface area contributed by atoms with E-state index in [1.54, 1.807) is 34.8 Å². The Morgan fingerprint density at radius 3 is 1.38 bits per heavy atom. The van der Waals surface area contributed by atoms with E-state index >= 15 is 0 Å². The normalized spacial score (nSPS) is 17.0. The summed E-state index contributed by atoms with van der Waals surface area (Å²) in [5.74, 6) is 3.70. The molecule has 0 bridgehead atoms. The molecule has 6 nitrogen and oxygen atoms in total. The molecule has 0 unspecified atom stereocenters. The average molecular weight is 585 g/mol. The zero-order chi connectivity index (χ0) is 26.0. The second kappa shape index (κ2) is 7.37. The van der Waals surface area contributed by atoms with Gasteiger partial charge >= 0.3 is 224 Å². The zero-order valence-electron chi connectivity index (χ0n) is 20.5. The Balaban J connectivity index is 1.38. The zero-order valence-corrected chi connectivity index (χ0v) is 24.2. The minimum atomic E-state index is -2.67. The second-order valence-electron chi connectivity index (χ2n) is 10.1. The Morgan fingerprint density at radius 1 is 0.595 bits per heavy atom. The molecule has 9 heteroatoms. The minimum absolute atomic E-state index is 0.258. The summed E-state index contributed by atoms with van der Waals surface area (Å²) in [6, 6.07) is 15.4. The third-order valence-corrected chi connectivity index (χ3v) is 18.4. The van der Waals surface area contributed by atoms with Crippen LogP contribution in [-0.2, 0) is 0 Å². The molecule has 7 rings (SSSR count). The number of amides is 4. The molecule has 4 amide bonds. The average Bonchev–Trinajstić information content (AvgIpc) is 3.66. The maximum atomic E-state index is 12.9. The van der Waals surface area contributed by atoms with E-state index in [9.17, 15) is 19.2 Å². The van der Waals surface area contributed by atoms with E-state index in [1.165, 1.54) is 42.4 Å². The first-order chi connectivity index (χ1) is 17.6. The number of carbonyl (C=O) groups is 4. The van der Waals surface area contributed by atoms with Crippen LogP contribution < -0.4 is 8.79 Å². The number of rotatable bonds is 2. The summed E-state index contributed by atoms with van der Waals surface area (Å²) < 4.78 is 2.75. The van der Waals surface area contributed by atoms with Crippen molar-refractivity contribution in [3.05, 3.63) is 70.8 Å². The number of carbonyl (C=O) groups excluding carboxylic acids is 4. The standard InChI is InChI=1S/C28H20GeN2O4S2/c1-29(2)17-11-19(13-7-5-9-15-21(13)27(34)30(3)25(15)32)36-23(17)24-18(29)12-20(37-24)14-8-6-10-16-22(14)28(35)31(4)26(16)33/h5-12H,1-4H3. The van der Waals surface area contributed by atoms with E-state index in [0.29, 0.717) is 22.3 Å². The molecule has 2 aromatic heterocycles. The van der Waals surface area contributed by atoms with Crippen molar-refractivity contribution >= 4 is 68.4 Å². The quantitative estimate of drug-likeness (QED) is 0.259. The van der Waals surface area contributed by atoms with E-state index in [1.807, 2.05) is 24.3 Å². The van der Waals surface area contributed by atoms with Gasteiger partial charge in [0.1, 0.15) is 0 Å². The van der Waals surface area contributed by atoms with Gasteiger partial charge in [-0.1, -0.05) is 0 Å². The molecule has 0 aliphatic carbocycles. The molecule has 3 aliphatic heterocycles. The number of benzene rings is 2. The first-order valence-electron chi connectivity index (χ1n) is 11.8. The fourth-order valence-electron chi connectivity index (χ4n) is 5.67. The van der Waals surface area contributed by atoms with Crippen LogP contribution in [0.15, 0.2) is 48.5 Å². The number of fused-ring (bicyclic) bond motifs is 5. The number of hydrogen-bond acceptors (Lipinski definition) is 6. The molecule has 4 aromatic rings. The summed E-state index contributed by atoms with van der Waals surface area (Å²) >= 11 is 0.676. The fraction of sp³-hybridized carbons (Fsp3) is 0.143. The van der Waals surface area contributed by atoms with E-state index in [-0.39, 0.29) is 23.6 Å². The van der Waals surface area contributed by atoms with Gasteiger partial charge in [0, 0.05) is 0 Å². The van der Waals surface area contributed by atoms with Crippen LogP contribution in [0.4, 0.5) is 0 Å². The van der Waals surface area contributed by atoms with Gasteiger partial charge in [0.25, 0.3) is 0 Å². The number of hydrogen-bond donors (Lipinski definition) is 0. The van der Waals surface area contributed by atoms with Gasteiger partial charge in [0.15, 0.2) is 0 Å². The second-order valence-corrected chi connectivity index (χ2v) is 21.3. The Hall–Kier alpha value is -3.34. The number of nitrogens with zero attached hydrogens (tertiary/aromatic N) is 2. The Bertz CT molecular complexity index is 1650. The van der Waals surface area contributed by atoms with Crippen molar-refractivity contribution in [3.8, 4) is 30.6 Å². The molecule has 0 N–H and O–H groups in total. The summed E-state index contributed by atoms with van der Waals surface area (Å²) in [6.45, 7) is 0. The van der Waals surface area contributed by atoms with Crippen LogP contribution in [0.3, 0.4) is 0 Å². The molecule has 0 radical (unpaired) electrons. The van der Waals surface area contributed by atoms with Gasteiger partial charge in [-0.3, -0.25) is 0 Å². The van der Waals surface area contributed by atoms with Crippen LogP contribution in [-0.4, -0.2) is 60.8 Å². The van der Waals surface area contributed by atoms with E-state index < -0.39 is 13.3 Å². The summed E-state index contributed by atoms with van der Waals surface area (Å²) in [5.41, 5.74) is 3.51. The van der Waals surface area contributed by atoms with E-state index in [2.05, 4.69) is 23.6 Å². The molecule has 37 heavy (non-hydrogen) atoms. The first-order valence-corrected chi connectivity index (χ1v) is 19.7. The maximum absolute atomic E-state index is 12.9. The molecule has 0 saturated carbocycles. The predicted molar refractivity (Wildman–Crippen MR) is 148 cm³/mol. The fourth-order valence-corrected chi connectivity index (χ4v) is 17.8. The Morgan fingerprint density at radius 2 is 0.973 bits per heavy atom.